The number of aromatic nitrogens is 3. The van der Waals surface area contributed by atoms with E-state index in [1.165, 1.54) is 0 Å². The maximum Gasteiger partial charge on any atom is 0.274 e. The predicted molar refractivity (Wildman–Crippen MR) is 95.5 cm³/mol. The van der Waals surface area contributed by atoms with Crippen LogP contribution in [0, 0.1) is 6.92 Å². The number of carbonyl (C=O) groups is 1. The van der Waals surface area contributed by atoms with E-state index in [1.807, 2.05) is 71.1 Å². The van der Waals surface area contributed by atoms with Crippen LogP contribution in [0.1, 0.15) is 40.8 Å². The van der Waals surface area contributed by atoms with Crippen molar-refractivity contribution in [2.24, 2.45) is 0 Å². The lowest BCUT2D eigenvalue weighted by molar-refractivity contribution is 0.0726. The van der Waals surface area contributed by atoms with Crippen molar-refractivity contribution in [1.29, 1.82) is 0 Å². The second-order valence-corrected chi connectivity index (χ2v) is 6.33. The molecular formula is C20H20N4O. The Balaban J connectivity index is 1.63. The molecule has 0 radical (unpaired) electrons. The van der Waals surface area contributed by atoms with E-state index in [1.54, 1.807) is 6.20 Å². The fourth-order valence-electron chi connectivity index (χ4n) is 3.45. The summed E-state index contributed by atoms with van der Waals surface area (Å²) in [6.45, 7) is 2.72. The van der Waals surface area contributed by atoms with Gasteiger partial charge in [-0.1, -0.05) is 24.3 Å². The molecule has 25 heavy (non-hydrogen) atoms. The van der Waals surface area contributed by atoms with Crippen LogP contribution >= 0.6 is 0 Å². The second kappa shape index (κ2) is 6.51. The third kappa shape index (κ3) is 2.93. The fourth-order valence-corrected chi connectivity index (χ4v) is 3.45. The van der Waals surface area contributed by atoms with Gasteiger partial charge in [-0.05, 0) is 50.1 Å². The van der Waals surface area contributed by atoms with Crippen LogP contribution in [0.5, 0.6) is 0 Å². The first-order valence-electron chi connectivity index (χ1n) is 8.58. The van der Waals surface area contributed by atoms with E-state index < -0.39 is 0 Å². The van der Waals surface area contributed by atoms with Crippen LogP contribution in [0.4, 0.5) is 0 Å². The van der Waals surface area contributed by atoms with Gasteiger partial charge in [-0.2, -0.15) is 5.10 Å². The molecule has 1 aliphatic rings. The number of likely N-dealkylation sites (tertiary alicyclic amines) is 1. The van der Waals surface area contributed by atoms with Crippen LogP contribution in [-0.4, -0.2) is 32.1 Å². The Hall–Kier alpha value is -2.95. The number of benzene rings is 1. The number of carbonyl (C=O) groups excluding carboxylic acids is 1. The molecule has 126 valence electrons. The molecule has 0 bridgehead atoms. The van der Waals surface area contributed by atoms with Crippen LogP contribution in [0.15, 0.2) is 60.8 Å². The summed E-state index contributed by atoms with van der Waals surface area (Å²) in [5.41, 5.74) is 3.35. The monoisotopic (exact) mass is 332 g/mol. The van der Waals surface area contributed by atoms with Crippen molar-refractivity contribution in [1.82, 2.24) is 19.7 Å². The molecule has 1 amide bonds. The standard InChI is InChI=1S/C20H20N4O/c1-15-14-18(22-24(15)16-8-3-2-4-9-16)20(25)23-13-7-11-19(23)17-10-5-6-12-21-17/h2-6,8-10,12,14,19H,7,11,13H2,1H3/t19-/m0/s1. The van der Waals surface area contributed by atoms with Gasteiger partial charge in [0.05, 0.1) is 17.4 Å². The number of aryl methyl sites for hydroxylation is 1. The number of rotatable bonds is 3. The van der Waals surface area contributed by atoms with Crippen LogP contribution in [0.25, 0.3) is 5.69 Å². The number of para-hydroxylation sites is 1. The molecule has 3 heterocycles. The molecule has 1 aromatic carbocycles. The van der Waals surface area contributed by atoms with Crippen molar-refractivity contribution < 1.29 is 4.79 Å². The first-order chi connectivity index (χ1) is 12.2. The zero-order chi connectivity index (χ0) is 17.2. The van der Waals surface area contributed by atoms with Gasteiger partial charge >= 0.3 is 0 Å². The summed E-state index contributed by atoms with van der Waals surface area (Å²) in [6, 6.07) is 17.6. The van der Waals surface area contributed by atoms with Crippen molar-refractivity contribution in [3.63, 3.8) is 0 Å². The number of amides is 1. The molecule has 5 nitrogen and oxygen atoms in total. The van der Waals surface area contributed by atoms with E-state index in [4.69, 9.17) is 0 Å². The highest BCUT2D eigenvalue weighted by Gasteiger charge is 2.32. The number of pyridine rings is 1. The Labute approximate surface area is 146 Å². The molecule has 0 saturated carbocycles. The van der Waals surface area contributed by atoms with Gasteiger partial charge in [0, 0.05) is 18.4 Å². The highest BCUT2D eigenvalue weighted by molar-refractivity contribution is 5.93. The van der Waals surface area contributed by atoms with Gasteiger partial charge < -0.3 is 4.90 Å². The highest BCUT2D eigenvalue weighted by atomic mass is 16.2. The summed E-state index contributed by atoms with van der Waals surface area (Å²) in [5.74, 6) is -0.0223. The van der Waals surface area contributed by atoms with Crippen molar-refractivity contribution in [2.45, 2.75) is 25.8 Å². The van der Waals surface area contributed by atoms with Crippen molar-refractivity contribution in [2.75, 3.05) is 6.54 Å². The average molecular weight is 332 g/mol. The average Bonchev–Trinajstić information content (AvgIpc) is 3.29. The number of hydrogen-bond acceptors (Lipinski definition) is 3. The fraction of sp³-hybridized carbons (Fsp3) is 0.250. The summed E-state index contributed by atoms with van der Waals surface area (Å²) in [5, 5.41) is 4.56. The summed E-state index contributed by atoms with van der Waals surface area (Å²) in [6.07, 6.45) is 3.72. The Morgan fingerprint density at radius 2 is 1.92 bits per heavy atom. The maximum absolute atomic E-state index is 13.0. The third-order valence-corrected chi connectivity index (χ3v) is 4.65. The molecular weight excluding hydrogens is 312 g/mol. The zero-order valence-electron chi connectivity index (χ0n) is 14.2. The molecule has 1 atom stereocenters. The van der Waals surface area contributed by atoms with Crippen molar-refractivity contribution >= 4 is 5.91 Å². The van der Waals surface area contributed by atoms with Crippen LogP contribution < -0.4 is 0 Å². The van der Waals surface area contributed by atoms with Gasteiger partial charge in [0.25, 0.3) is 5.91 Å². The Morgan fingerprint density at radius 1 is 1.12 bits per heavy atom. The molecule has 0 spiro atoms. The van der Waals surface area contributed by atoms with E-state index >= 15 is 0 Å². The van der Waals surface area contributed by atoms with Crippen molar-refractivity contribution in [3.05, 3.63) is 77.9 Å². The second-order valence-electron chi connectivity index (χ2n) is 6.33. The minimum absolute atomic E-state index is 0.0223. The lowest BCUT2D eigenvalue weighted by Crippen LogP contribution is -2.31. The summed E-state index contributed by atoms with van der Waals surface area (Å²) in [7, 11) is 0. The number of nitrogens with zero attached hydrogens (tertiary/aromatic N) is 4. The largest absolute Gasteiger partial charge is 0.329 e. The maximum atomic E-state index is 13.0. The van der Waals surface area contributed by atoms with E-state index in [0.717, 1.165) is 36.5 Å². The predicted octanol–water partition coefficient (Wildman–Crippen LogP) is 3.55. The molecule has 0 N–H and O–H groups in total. The van der Waals surface area contributed by atoms with Gasteiger partial charge in [-0.25, -0.2) is 4.68 Å². The Bertz CT molecular complexity index is 873. The van der Waals surface area contributed by atoms with Gasteiger partial charge in [-0.3, -0.25) is 9.78 Å². The lowest BCUT2D eigenvalue weighted by atomic mass is 10.1. The summed E-state index contributed by atoms with van der Waals surface area (Å²) >= 11 is 0. The Morgan fingerprint density at radius 3 is 2.68 bits per heavy atom. The molecule has 1 aliphatic heterocycles. The van der Waals surface area contributed by atoms with Gasteiger partial charge in [0.2, 0.25) is 0 Å². The SMILES string of the molecule is Cc1cc(C(=O)N2CCC[C@H]2c2ccccn2)nn1-c1ccccc1. The van der Waals surface area contributed by atoms with E-state index in [-0.39, 0.29) is 11.9 Å². The zero-order valence-corrected chi connectivity index (χ0v) is 14.2. The smallest absolute Gasteiger partial charge is 0.274 e. The molecule has 0 unspecified atom stereocenters. The minimum Gasteiger partial charge on any atom is -0.329 e. The van der Waals surface area contributed by atoms with Crippen LogP contribution in [0.3, 0.4) is 0 Å². The highest BCUT2D eigenvalue weighted by Crippen LogP contribution is 2.31. The van der Waals surface area contributed by atoms with Gasteiger partial charge in [-0.15, -0.1) is 0 Å². The Kier molecular flexibility index (Phi) is 4.06. The van der Waals surface area contributed by atoms with E-state index in [0.29, 0.717) is 5.69 Å². The van der Waals surface area contributed by atoms with Crippen LogP contribution in [-0.2, 0) is 0 Å². The van der Waals surface area contributed by atoms with Gasteiger partial charge in [0.1, 0.15) is 0 Å². The number of hydrogen-bond donors (Lipinski definition) is 0. The van der Waals surface area contributed by atoms with E-state index in [2.05, 4.69) is 10.1 Å². The molecule has 1 saturated heterocycles. The first-order valence-corrected chi connectivity index (χ1v) is 8.58. The quantitative estimate of drug-likeness (QED) is 0.737. The third-order valence-electron chi connectivity index (χ3n) is 4.65. The molecule has 4 rings (SSSR count). The molecule has 1 fully saturated rings. The van der Waals surface area contributed by atoms with E-state index in [9.17, 15) is 4.79 Å². The lowest BCUT2D eigenvalue weighted by Gasteiger charge is -2.23. The molecule has 2 aromatic heterocycles. The van der Waals surface area contributed by atoms with Crippen molar-refractivity contribution in [3.8, 4) is 5.69 Å². The van der Waals surface area contributed by atoms with Crippen LogP contribution in [0.2, 0.25) is 0 Å². The first kappa shape index (κ1) is 15.6. The summed E-state index contributed by atoms with van der Waals surface area (Å²) < 4.78 is 1.82. The molecule has 5 heteroatoms. The molecule has 3 aromatic rings. The minimum atomic E-state index is -0.0223. The molecule has 0 aliphatic carbocycles. The topological polar surface area (TPSA) is 51.0 Å². The summed E-state index contributed by atoms with van der Waals surface area (Å²) in [4.78, 5) is 19.4. The van der Waals surface area contributed by atoms with Gasteiger partial charge in [0.15, 0.2) is 5.69 Å². The normalized spacial score (nSPS) is 17.0.